The van der Waals surface area contributed by atoms with Crippen LogP contribution in [-0.2, 0) is 29.8 Å². The number of hydrogen-bond acceptors (Lipinski definition) is 4. The zero-order valence-electron chi connectivity index (χ0n) is 24.0. The van der Waals surface area contributed by atoms with Crippen LogP contribution in [0.2, 0.25) is 0 Å². The number of alkyl halides is 12. The number of carbonyl (C=O) groups excluding carboxylic acids is 1. The molecule has 2 heterocycles. The van der Waals surface area contributed by atoms with E-state index in [0.29, 0.717) is 24.3 Å². The summed E-state index contributed by atoms with van der Waals surface area (Å²) < 4.78 is 197. The van der Waals surface area contributed by atoms with Crippen molar-refractivity contribution in [2.45, 2.75) is 55.4 Å². The molecule has 1 unspecified atom stereocenters. The summed E-state index contributed by atoms with van der Waals surface area (Å²) in [7, 11) is -7.49. The van der Waals surface area contributed by atoms with Gasteiger partial charge in [0.05, 0.1) is 0 Å². The normalized spacial score (nSPS) is 21.0. The molecule has 0 saturated carbocycles. The first-order valence-electron chi connectivity index (χ1n) is 13.6. The summed E-state index contributed by atoms with van der Waals surface area (Å²) in [6.07, 6.45) is -26.3. The molecule has 2 aliphatic rings. The Labute approximate surface area is 258 Å². The Hall–Kier alpha value is -3.36. The zero-order chi connectivity index (χ0) is 35.1. The number of rotatable bonds is 5. The number of esters is 1. The number of halogens is 12. The maximum absolute atomic E-state index is 15.1. The second-order valence-corrected chi connectivity index (χ2v) is 15.3. The Morgan fingerprint density at radius 2 is 1.00 bits per heavy atom. The molecule has 0 N–H and O–H groups in total. The quantitative estimate of drug-likeness (QED) is 0.151. The molecule has 4 nitrogen and oxygen atoms in total. The third-order valence-electron chi connectivity index (χ3n) is 8.08. The third kappa shape index (κ3) is 4.46. The van der Waals surface area contributed by atoms with Gasteiger partial charge in [-0.15, -0.1) is 0 Å². The van der Waals surface area contributed by atoms with Gasteiger partial charge >= 0.3 is 258 Å². The summed E-state index contributed by atoms with van der Waals surface area (Å²) in [6.45, 7) is 2.38. The fourth-order valence-corrected chi connectivity index (χ4v) is 12.8. The predicted octanol–water partition coefficient (Wildman–Crippen LogP) is 8.66. The van der Waals surface area contributed by atoms with Gasteiger partial charge in [0.25, 0.3) is 0 Å². The molecule has 0 radical (unpaired) electrons. The number of hydrogen-bond donors (Lipinski definition) is 0. The maximum atomic E-state index is 15.1. The molecule has 1 atom stereocenters. The zero-order valence-corrected chi connectivity index (χ0v) is 24.9. The van der Waals surface area contributed by atoms with Crippen LogP contribution in [0.4, 0.5) is 52.7 Å². The van der Waals surface area contributed by atoms with Crippen molar-refractivity contribution in [3.63, 3.8) is 0 Å². The topological polar surface area (TPSA) is 44.8 Å². The first-order chi connectivity index (χ1) is 21.5. The molecule has 0 aromatic heterocycles. The standard InChI is InChI=1S/C30H23F12O4P/c1-17(2)16-44-24(43)23(18-10-4-3-5-11-18)47(21-14-8-6-12-19(21)25(45-47,27(31,32)33)28(34,35)36)22-15-9-7-13-20(22)26(46-47,29(37,38)39)30(40,41)42/h3-15,17,23H,16H2,1-2H3. The van der Waals surface area contributed by atoms with E-state index >= 15 is 52.7 Å². The average molecular weight is 706 g/mol. The number of ether oxygens (including phenoxy) is 1. The van der Waals surface area contributed by atoms with Gasteiger partial charge in [0.1, 0.15) is 0 Å². The molecule has 47 heavy (non-hydrogen) atoms. The van der Waals surface area contributed by atoms with Gasteiger partial charge in [-0.3, -0.25) is 0 Å². The molecule has 0 saturated heterocycles. The van der Waals surface area contributed by atoms with Gasteiger partial charge in [-0.05, 0) is 0 Å². The van der Waals surface area contributed by atoms with Crippen LogP contribution in [0.5, 0.6) is 0 Å². The van der Waals surface area contributed by atoms with Crippen molar-refractivity contribution in [1.82, 2.24) is 0 Å². The van der Waals surface area contributed by atoms with Crippen molar-refractivity contribution in [3.05, 3.63) is 95.6 Å². The first-order valence-corrected chi connectivity index (χ1v) is 15.8. The summed E-state index contributed by atoms with van der Waals surface area (Å²) >= 11 is 0. The van der Waals surface area contributed by atoms with E-state index in [0.717, 1.165) is 36.4 Å². The van der Waals surface area contributed by atoms with Gasteiger partial charge in [0.2, 0.25) is 0 Å². The van der Waals surface area contributed by atoms with Crippen LogP contribution in [0.1, 0.15) is 36.2 Å². The van der Waals surface area contributed by atoms with Gasteiger partial charge in [0, 0.05) is 0 Å². The molecule has 0 fully saturated rings. The Balaban J connectivity index is 2.12. The summed E-state index contributed by atoms with van der Waals surface area (Å²) in [4.78, 5) is 14.2. The summed E-state index contributed by atoms with van der Waals surface area (Å²) in [5.74, 6) is -2.32. The monoisotopic (exact) mass is 706 g/mol. The molecular weight excluding hydrogens is 683 g/mol. The van der Waals surface area contributed by atoms with E-state index in [9.17, 15) is 4.79 Å². The van der Waals surface area contributed by atoms with Gasteiger partial charge in [0.15, 0.2) is 0 Å². The molecule has 1 spiro atoms. The van der Waals surface area contributed by atoms with Crippen molar-refractivity contribution >= 4 is 23.6 Å². The molecule has 2 aliphatic heterocycles. The SMILES string of the molecule is CC(C)COC(=O)C(c1ccccc1)P12(OC(C(F)(F)F)(C(F)(F)F)c3ccccc31)OC(C(F)(F)F)(C(F)(F)F)c1ccccc12. The van der Waals surface area contributed by atoms with Crippen molar-refractivity contribution in [2.24, 2.45) is 5.92 Å². The van der Waals surface area contributed by atoms with Crippen molar-refractivity contribution in [1.29, 1.82) is 0 Å². The number of fused-ring (bicyclic) bond motifs is 4. The molecule has 3 aromatic carbocycles. The predicted molar refractivity (Wildman–Crippen MR) is 144 cm³/mol. The van der Waals surface area contributed by atoms with E-state index in [4.69, 9.17) is 13.8 Å². The molecule has 0 amide bonds. The van der Waals surface area contributed by atoms with Crippen molar-refractivity contribution < 1.29 is 71.3 Å². The first kappa shape index (κ1) is 35.0. The van der Waals surface area contributed by atoms with E-state index < -0.39 is 94.4 Å². The minimum absolute atomic E-state index is 0.229. The Kier molecular flexibility index (Phi) is 7.86. The number of benzene rings is 3. The van der Waals surface area contributed by atoms with Crippen LogP contribution in [0.25, 0.3) is 0 Å². The molecule has 5 rings (SSSR count). The van der Waals surface area contributed by atoms with E-state index in [2.05, 4.69) is 0 Å². The van der Waals surface area contributed by atoms with Gasteiger partial charge in [-0.1, -0.05) is 0 Å². The average Bonchev–Trinajstić information content (AvgIpc) is 3.41. The Bertz CT molecular complexity index is 1560. The van der Waals surface area contributed by atoms with Gasteiger partial charge in [-0.25, -0.2) is 0 Å². The second-order valence-electron chi connectivity index (χ2n) is 11.4. The van der Waals surface area contributed by atoms with Crippen LogP contribution in [-0.4, -0.2) is 37.3 Å². The van der Waals surface area contributed by atoms with Crippen molar-refractivity contribution in [3.8, 4) is 0 Å². The van der Waals surface area contributed by atoms with Crippen LogP contribution in [0.15, 0.2) is 78.9 Å². The van der Waals surface area contributed by atoms with Crippen LogP contribution < -0.4 is 10.6 Å². The van der Waals surface area contributed by atoms with Gasteiger partial charge in [-0.2, -0.15) is 0 Å². The van der Waals surface area contributed by atoms with Crippen LogP contribution in [0, 0.1) is 5.92 Å². The molecule has 256 valence electrons. The molecule has 3 aromatic rings. The second kappa shape index (κ2) is 10.6. The fraction of sp³-hybridized carbons (Fsp3) is 0.367. The molecule has 0 bridgehead atoms. The van der Waals surface area contributed by atoms with E-state index in [-0.39, 0.29) is 12.1 Å². The van der Waals surface area contributed by atoms with Crippen LogP contribution in [0.3, 0.4) is 0 Å². The van der Waals surface area contributed by atoms with E-state index in [1.54, 1.807) is 0 Å². The molecule has 17 heteroatoms. The van der Waals surface area contributed by atoms with Crippen molar-refractivity contribution in [2.75, 3.05) is 6.61 Å². The Morgan fingerprint density at radius 3 is 1.36 bits per heavy atom. The Morgan fingerprint density at radius 1 is 0.638 bits per heavy atom. The summed E-state index contributed by atoms with van der Waals surface area (Å²) in [5, 5.41) is -2.88. The molecular formula is C30H23F12O4P. The third-order valence-corrected chi connectivity index (χ3v) is 13.4. The fourth-order valence-electron chi connectivity index (χ4n) is 6.35. The molecule has 0 aliphatic carbocycles. The summed E-state index contributed by atoms with van der Waals surface area (Å²) in [6, 6.07) is 9.73. The van der Waals surface area contributed by atoms with E-state index in [1.807, 2.05) is 0 Å². The van der Waals surface area contributed by atoms with Crippen LogP contribution >= 0.6 is 7.06 Å². The summed E-state index contributed by atoms with van der Waals surface area (Å²) in [5.41, 5.74) is -18.4. The minimum atomic E-state index is -7.49. The van der Waals surface area contributed by atoms with E-state index in [1.165, 1.54) is 19.9 Å². The number of carbonyl (C=O) groups is 1. The van der Waals surface area contributed by atoms with Gasteiger partial charge < -0.3 is 0 Å².